The van der Waals surface area contributed by atoms with Gasteiger partial charge in [0, 0.05) is 44.0 Å². The fourth-order valence-corrected chi connectivity index (χ4v) is 3.17. The molecular formula is C15H24N6O. The number of fused-ring (bicyclic) bond motifs is 1. The maximum absolute atomic E-state index is 8.95. The summed E-state index contributed by atoms with van der Waals surface area (Å²) in [5.41, 5.74) is 0.970. The van der Waals surface area contributed by atoms with E-state index >= 15 is 0 Å². The van der Waals surface area contributed by atoms with Crippen molar-refractivity contribution in [2.24, 2.45) is 0 Å². The van der Waals surface area contributed by atoms with Crippen molar-refractivity contribution in [3.05, 3.63) is 18.1 Å². The van der Waals surface area contributed by atoms with Gasteiger partial charge in [-0.1, -0.05) is 0 Å². The SMILES string of the molecule is Cc1cc(N2CCC(N(C)CCCO)CC2)n2ncnc2n1. The zero-order valence-electron chi connectivity index (χ0n) is 13.3. The molecule has 1 fully saturated rings. The summed E-state index contributed by atoms with van der Waals surface area (Å²) in [5.74, 6) is 1.74. The molecule has 1 aliphatic heterocycles. The molecule has 120 valence electrons. The molecule has 0 unspecified atom stereocenters. The second kappa shape index (κ2) is 6.58. The van der Waals surface area contributed by atoms with Gasteiger partial charge in [-0.2, -0.15) is 14.6 Å². The molecule has 2 aromatic heterocycles. The second-order valence-electron chi connectivity index (χ2n) is 6.00. The second-order valence-corrected chi connectivity index (χ2v) is 6.00. The van der Waals surface area contributed by atoms with Crippen LogP contribution in [0.25, 0.3) is 5.78 Å². The molecule has 3 heterocycles. The van der Waals surface area contributed by atoms with Gasteiger partial charge >= 0.3 is 0 Å². The van der Waals surface area contributed by atoms with E-state index in [0.717, 1.165) is 50.4 Å². The van der Waals surface area contributed by atoms with Crippen LogP contribution in [0.15, 0.2) is 12.4 Å². The van der Waals surface area contributed by atoms with Crippen LogP contribution in [0.2, 0.25) is 0 Å². The average molecular weight is 304 g/mol. The van der Waals surface area contributed by atoms with Gasteiger partial charge in [-0.25, -0.2) is 4.98 Å². The molecule has 1 aliphatic rings. The van der Waals surface area contributed by atoms with Gasteiger partial charge in [0.15, 0.2) is 0 Å². The Hall–Kier alpha value is -1.73. The van der Waals surface area contributed by atoms with Crippen LogP contribution in [0.4, 0.5) is 5.82 Å². The maximum atomic E-state index is 8.95. The van der Waals surface area contributed by atoms with Crippen molar-refractivity contribution in [3.63, 3.8) is 0 Å². The summed E-state index contributed by atoms with van der Waals surface area (Å²) >= 11 is 0. The van der Waals surface area contributed by atoms with E-state index in [4.69, 9.17) is 5.11 Å². The van der Waals surface area contributed by atoms with Gasteiger partial charge in [0.1, 0.15) is 12.1 Å². The Labute approximate surface area is 130 Å². The first-order chi connectivity index (χ1) is 10.7. The molecule has 0 amide bonds. The zero-order valence-corrected chi connectivity index (χ0v) is 13.3. The third kappa shape index (κ3) is 3.05. The Balaban J connectivity index is 1.69. The van der Waals surface area contributed by atoms with Gasteiger partial charge in [0.25, 0.3) is 5.78 Å². The fraction of sp³-hybridized carbons (Fsp3) is 0.667. The lowest BCUT2D eigenvalue weighted by Crippen LogP contribution is -2.44. The van der Waals surface area contributed by atoms with E-state index in [9.17, 15) is 0 Å². The van der Waals surface area contributed by atoms with Crippen molar-refractivity contribution in [3.8, 4) is 0 Å². The smallest absolute Gasteiger partial charge is 0.254 e. The highest BCUT2D eigenvalue weighted by Gasteiger charge is 2.24. The molecule has 0 aliphatic carbocycles. The van der Waals surface area contributed by atoms with Gasteiger partial charge < -0.3 is 14.9 Å². The number of aryl methyl sites for hydroxylation is 1. The number of anilines is 1. The van der Waals surface area contributed by atoms with E-state index in [1.165, 1.54) is 0 Å². The number of piperidine rings is 1. The minimum atomic E-state index is 0.268. The quantitative estimate of drug-likeness (QED) is 0.877. The van der Waals surface area contributed by atoms with Crippen LogP contribution in [0.3, 0.4) is 0 Å². The lowest BCUT2D eigenvalue weighted by atomic mass is 10.0. The molecule has 7 heteroatoms. The van der Waals surface area contributed by atoms with Gasteiger partial charge in [0.2, 0.25) is 0 Å². The Morgan fingerprint density at radius 1 is 1.36 bits per heavy atom. The fourth-order valence-electron chi connectivity index (χ4n) is 3.17. The summed E-state index contributed by atoms with van der Waals surface area (Å²) in [6, 6.07) is 2.68. The van der Waals surface area contributed by atoms with Crippen LogP contribution < -0.4 is 4.90 Å². The predicted molar refractivity (Wildman–Crippen MR) is 85.1 cm³/mol. The molecule has 0 spiro atoms. The maximum Gasteiger partial charge on any atom is 0.254 e. The zero-order chi connectivity index (χ0) is 15.5. The summed E-state index contributed by atoms with van der Waals surface area (Å²) < 4.78 is 1.82. The lowest BCUT2D eigenvalue weighted by Gasteiger charge is -2.37. The highest BCUT2D eigenvalue weighted by atomic mass is 16.3. The normalized spacial score (nSPS) is 16.8. The van der Waals surface area contributed by atoms with Gasteiger partial charge in [-0.3, -0.25) is 0 Å². The molecule has 0 saturated carbocycles. The van der Waals surface area contributed by atoms with E-state index in [2.05, 4.69) is 38.0 Å². The topological polar surface area (TPSA) is 69.8 Å². The minimum Gasteiger partial charge on any atom is -0.396 e. The van der Waals surface area contributed by atoms with Crippen LogP contribution in [-0.4, -0.2) is 68.9 Å². The Bertz CT molecular complexity index is 620. The molecule has 7 nitrogen and oxygen atoms in total. The van der Waals surface area contributed by atoms with Crippen molar-refractivity contribution >= 4 is 11.6 Å². The van der Waals surface area contributed by atoms with E-state index in [-0.39, 0.29) is 6.61 Å². The van der Waals surface area contributed by atoms with Gasteiger partial charge in [-0.05, 0) is 33.2 Å². The monoisotopic (exact) mass is 304 g/mol. The van der Waals surface area contributed by atoms with Crippen LogP contribution in [0.5, 0.6) is 0 Å². The number of hydrogen-bond acceptors (Lipinski definition) is 6. The van der Waals surface area contributed by atoms with E-state index in [1.807, 2.05) is 11.4 Å². The molecular weight excluding hydrogens is 280 g/mol. The summed E-state index contributed by atoms with van der Waals surface area (Å²) in [6.45, 7) is 5.24. The van der Waals surface area contributed by atoms with E-state index in [0.29, 0.717) is 11.8 Å². The van der Waals surface area contributed by atoms with Crippen LogP contribution in [0, 0.1) is 6.92 Å². The van der Waals surface area contributed by atoms with E-state index in [1.54, 1.807) is 6.33 Å². The largest absolute Gasteiger partial charge is 0.396 e. The molecule has 0 radical (unpaired) electrons. The molecule has 0 bridgehead atoms. The molecule has 2 aromatic rings. The third-order valence-corrected chi connectivity index (χ3v) is 4.44. The first kappa shape index (κ1) is 15.2. The van der Waals surface area contributed by atoms with Crippen molar-refractivity contribution in [2.45, 2.75) is 32.2 Å². The standard InChI is InChI=1S/C15H24N6O/c1-12-10-14(21-15(18-12)16-11-17-21)20-7-4-13(5-8-20)19(2)6-3-9-22/h10-11,13,22H,3-9H2,1-2H3. The van der Waals surface area contributed by atoms with Gasteiger partial charge in [-0.15, -0.1) is 0 Å². The van der Waals surface area contributed by atoms with Gasteiger partial charge in [0.05, 0.1) is 0 Å². The molecule has 3 rings (SSSR count). The highest BCUT2D eigenvalue weighted by Crippen LogP contribution is 2.22. The van der Waals surface area contributed by atoms with Crippen molar-refractivity contribution in [1.82, 2.24) is 24.5 Å². The highest BCUT2D eigenvalue weighted by molar-refractivity contribution is 5.47. The Morgan fingerprint density at radius 2 is 2.14 bits per heavy atom. The lowest BCUT2D eigenvalue weighted by molar-refractivity contribution is 0.184. The van der Waals surface area contributed by atoms with Crippen molar-refractivity contribution < 1.29 is 5.11 Å². The first-order valence-corrected chi connectivity index (χ1v) is 7.92. The number of aromatic nitrogens is 4. The molecule has 1 saturated heterocycles. The Morgan fingerprint density at radius 3 is 2.86 bits per heavy atom. The number of nitrogens with zero attached hydrogens (tertiary/aromatic N) is 6. The average Bonchev–Trinajstić information content (AvgIpc) is 3.00. The van der Waals surface area contributed by atoms with Crippen LogP contribution in [0.1, 0.15) is 25.0 Å². The molecule has 0 aromatic carbocycles. The summed E-state index contributed by atoms with van der Waals surface area (Å²) in [5, 5.41) is 13.2. The van der Waals surface area contributed by atoms with E-state index < -0.39 is 0 Å². The van der Waals surface area contributed by atoms with Crippen molar-refractivity contribution in [2.75, 3.05) is 38.2 Å². The molecule has 22 heavy (non-hydrogen) atoms. The third-order valence-electron chi connectivity index (χ3n) is 4.44. The number of aliphatic hydroxyl groups excluding tert-OH is 1. The van der Waals surface area contributed by atoms with Crippen molar-refractivity contribution in [1.29, 1.82) is 0 Å². The summed E-state index contributed by atoms with van der Waals surface area (Å²) in [6.07, 6.45) is 4.65. The molecule has 0 atom stereocenters. The predicted octanol–water partition coefficient (Wildman–Crippen LogP) is 0.716. The molecule has 1 N–H and O–H groups in total. The first-order valence-electron chi connectivity index (χ1n) is 7.92. The summed E-state index contributed by atoms with van der Waals surface area (Å²) in [7, 11) is 2.15. The number of hydrogen-bond donors (Lipinski definition) is 1. The summed E-state index contributed by atoms with van der Waals surface area (Å²) in [4.78, 5) is 13.3. The minimum absolute atomic E-state index is 0.268. The van der Waals surface area contributed by atoms with Crippen LogP contribution in [-0.2, 0) is 0 Å². The van der Waals surface area contributed by atoms with Crippen LogP contribution >= 0.6 is 0 Å². The number of rotatable bonds is 5. The Kier molecular flexibility index (Phi) is 4.54. The number of aliphatic hydroxyl groups is 1.